The fourth-order valence-electron chi connectivity index (χ4n) is 1.23. The lowest BCUT2D eigenvalue weighted by Crippen LogP contribution is -2.44. The first-order valence-electron chi connectivity index (χ1n) is 4.72. The summed E-state index contributed by atoms with van der Waals surface area (Å²) in [5, 5.41) is 18.4. The predicted octanol–water partition coefficient (Wildman–Crippen LogP) is 0.460. The molecule has 1 aromatic heterocycles. The molecule has 6 heteroatoms. The Labute approximate surface area is 92.7 Å². The summed E-state index contributed by atoms with van der Waals surface area (Å²) in [6, 6.07) is 1.51. The van der Waals surface area contributed by atoms with Crippen LogP contribution in [-0.4, -0.2) is 32.7 Å². The highest BCUT2D eigenvalue weighted by Gasteiger charge is 2.24. The van der Waals surface area contributed by atoms with Crippen molar-refractivity contribution in [1.82, 2.24) is 15.5 Å². The Morgan fingerprint density at radius 1 is 1.44 bits per heavy atom. The zero-order valence-corrected chi connectivity index (χ0v) is 9.10. The van der Waals surface area contributed by atoms with Gasteiger partial charge in [-0.1, -0.05) is 0 Å². The number of nitrogens with zero attached hydrogens (tertiary/aromatic N) is 2. The number of carboxylic acids is 1. The van der Waals surface area contributed by atoms with Gasteiger partial charge in [0.05, 0.1) is 24.4 Å². The van der Waals surface area contributed by atoms with Gasteiger partial charge in [-0.05, 0) is 19.9 Å². The van der Waals surface area contributed by atoms with Crippen LogP contribution in [0.4, 0.5) is 0 Å². The number of hydrogen-bond donors (Lipinski definition) is 2. The third kappa shape index (κ3) is 3.64. The average molecular weight is 223 g/mol. The molecular formula is C10H13N3O3. The molecule has 0 bridgehead atoms. The van der Waals surface area contributed by atoms with E-state index in [1.54, 1.807) is 13.8 Å². The molecule has 6 nitrogen and oxygen atoms in total. The standard InChI is InChI=1S/C10H13N3O3/c1-10(2,5-8(14)15)13-9(16)7-3-4-11-12-6-7/h3-4,6H,5H2,1-2H3,(H,13,16)(H,14,15). The minimum atomic E-state index is -0.960. The van der Waals surface area contributed by atoms with E-state index in [2.05, 4.69) is 15.5 Å². The molecule has 0 aliphatic rings. The fraction of sp³-hybridized carbons (Fsp3) is 0.400. The average Bonchev–Trinajstić information content (AvgIpc) is 2.16. The summed E-state index contributed by atoms with van der Waals surface area (Å²) in [6.07, 6.45) is 2.59. The Balaban J connectivity index is 2.68. The first-order chi connectivity index (χ1) is 7.41. The van der Waals surface area contributed by atoms with E-state index in [0.29, 0.717) is 5.56 Å². The SMILES string of the molecule is CC(C)(CC(=O)O)NC(=O)c1ccnnc1. The number of nitrogens with one attached hydrogen (secondary N) is 1. The molecule has 1 amide bonds. The van der Waals surface area contributed by atoms with E-state index in [9.17, 15) is 9.59 Å². The molecule has 0 fully saturated rings. The Morgan fingerprint density at radius 3 is 2.62 bits per heavy atom. The van der Waals surface area contributed by atoms with Crippen LogP contribution in [0.25, 0.3) is 0 Å². The number of rotatable bonds is 4. The molecule has 0 spiro atoms. The van der Waals surface area contributed by atoms with Crippen LogP contribution in [0.3, 0.4) is 0 Å². The second-order valence-corrected chi connectivity index (χ2v) is 4.04. The van der Waals surface area contributed by atoms with Gasteiger partial charge in [0.1, 0.15) is 0 Å². The monoisotopic (exact) mass is 223 g/mol. The van der Waals surface area contributed by atoms with Gasteiger partial charge in [-0.3, -0.25) is 9.59 Å². The van der Waals surface area contributed by atoms with Crippen LogP contribution in [-0.2, 0) is 4.79 Å². The zero-order chi connectivity index (χ0) is 12.2. The van der Waals surface area contributed by atoms with Crippen molar-refractivity contribution >= 4 is 11.9 Å². The fourth-order valence-corrected chi connectivity index (χ4v) is 1.23. The molecule has 0 saturated carbocycles. The smallest absolute Gasteiger partial charge is 0.305 e. The molecule has 0 saturated heterocycles. The molecule has 1 rings (SSSR count). The molecule has 2 N–H and O–H groups in total. The maximum Gasteiger partial charge on any atom is 0.305 e. The summed E-state index contributed by atoms with van der Waals surface area (Å²) in [4.78, 5) is 22.2. The van der Waals surface area contributed by atoms with Gasteiger partial charge in [0.15, 0.2) is 0 Å². The van der Waals surface area contributed by atoms with Crippen molar-refractivity contribution in [2.45, 2.75) is 25.8 Å². The highest BCUT2D eigenvalue weighted by Crippen LogP contribution is 2.09. The maximum atomic E-state index is 11.7. The first-order valence-corrected chi connectivity index (χ1v) is 4.72. The lowest BCUT2D eigenvalue weighted by molar-refractivity contribution is -0.138. The number of aromatic nitrogens is 2. The number of carbonyl (C=O) groups excluding carboxylic acids is 1. The number of carbonyl (C=O) groups is 2. The number of carboxylic acid groups (broad SMARTS) is 1. The van der Waals surface area contributed by atoms with Crippen molar-refractivity contribution in [2.75, 3.05) is 0 Å². The van der Waals surface area contributed by atoms with Crippen molar-refractivity contribution in [1.29, 1.82) is 0 Å². The molecule has 1 aromatic rings. The first kappa shape index (κ1) is 12.1. The third-order valence-electron chi connectivity index (χ3n) is 1.89. The van der Waals surface area contributed by atoms with Crippen LogP contribution in [0.5, 0.6) is 0 Å². The summed E-state index contributed by atoms with van der Waals surface area (Å²) in [5.41, 5.74) is -0.444. The molecule has 0 atom stereocenters. The summed E-state index contributed by atoms with van der Waals surface area (Å²) in [7, 11) is 0. The summed E-state index contributed by atoms with van der Waals surface area (Å²) in [5.74, 6) is -1.32. The molecule has 0 aromatic carbocycles. The second-order valence-electron chi connectivity index (χ2n) is 4.04. The van der Waals surface area contributed by atoms with Gasteiger partial charge in [0.2, 0.25) is 0 Å². The topological polar surface area (TPSA) is 92.2 Å². The van der Waals surface area contributed by atoms with E-state index in [1.807, 2.05) is 0 Å². The summed E-state index contributed by atoms with van der Waals surface area (Å²) in [6.45, 7) is 3.29. The van der Waals surface area contributed by atoms with Gasteiger partial charge in [0, 0.05) is 5.54 Å². The number of aliphatic carboxylic acids is 1. The van der Waals surface area contributed by atoms with Gasteiger partial charge in [-0.25, -0.2) is 0 Å². The molecule has 0 radical (unpaired) electrons. The van der Waals surface area contributed by atoms with Crippen molar-refractivity contribution in [2.24, 2.45) is 0 Å². The Kier molecular flexibility index (Phi) is 3.55. The largest absolute Gasteiger partial charge is 0.481 e. The second kappa shape index (κ2) is 4.69. The molecule has 0 aliphatic heterocycles. The van der Waals surface area contributed by atoms with Gasteiger partial charge < -0.3 is 10.4 Å². The van der Waals surface area contributed by atoms with Gasteiger partial charge >= 0.3 is 5.97 Å². The minimum Gasteiger partial charge on any atom is -0.481 e. The van der Waals surface area contributed by atoms with E-state index >= 15 is 0 Å². The van der Waals surface area contributed by atoms with E-state index in [0.717, 1.165) is 0 Å². The number of hydrogen-bond acceptors (Lipinski definition) is 4. The number of amides is 1. The van der Waals surface area contributed by atoms with Crippen LogP contribution >= 0.6 is 0 Å². The molecule has 86 valence electrons. The van der Waals surface area contributed by atoms with Gasteiger partial charge in [-0.15, -0.1) is 0 Å². The van der Waals surface area contributed by atoms with Crippen molar-refractivity contribution in [3.05, 3.63) is 24.0 Å². The zero-order valence-electron chi connectivity index (χ0n) is 9.10. The van der Waals surface area contributed by atoms with E-state index in [1.165, 1.54) is 18.5 Å². The molecule has 1 heterocycles. The van der Waals surface area contributed by atoms with Crippen LogP contribution in [0.1, 0.15) is 30.6 Å². The van der Waals surface area contributed by atoms with Gasteiger partial charge in [-0.2, -0.15) is 10.2 Å². The normalized spacial score (nSPS) is 10.9. The van der Waals surface area contributed by atoms with Gasteiger partial charge in [0.25, 0.3) is 5.91 Å². The van der Waals surface area contributed by atoms with Crippen molar-refractivity contribution in [3.63, 3.8) is 0 Å². The molecule has 16 heavy (non-hydrogen) atoms. The van der Waals surface area contributed by atoms with E-state index in [4.69, 9.17) is 5.11 Å². The minimum absolute atomic E-state index is 0.142. The Hall–Kier alpha value is -1.98. The quantitative estimate of drug-likeness (QED) is 0.773. The maximum absolute atomic E-state index is 11.7. The van der Waals surface area contributed by atoms with Crippen LogP contribution in [0, 0.1) is 0 Å². The van der Waals surface area contributed by atoms with Crippen LogP contribution in [0.15, 0.2) is 18.5 Å². The van der Waals surface area contributed by atoms with E-state index in [-0.39, 0.29) is 12.3 Å². The summed E-state index contributed by atoms with van der Waals surface area (Å²) >= 11 is 0. The third-order valence-corrected chi connectivity index (χ3v) is 1.89. The van der Waals surface area contributed by atoms with Crippen LogP contribution in [0.2, 0.25) is 0 Å². The van der Waals surface area contributed by atoms with Crippen molar-refractivity contribution in [3.8, 4) is 0 Å². The Bertz CT molecular complexity index is 390. The molecule has 0 aliphatic carbocycles. The summed E-state index contributed by atoms with van der Waals surface area (Å²) < 4.78 is 0. The molecule has 0 unspecified atom stereocenters. The predicted molar refractivity (Wildman–Crippen MR) is 55.8 cm³/mol. The van der Waals surface area contributed by atoms with Crippen LogP contribution < -0.4 is 5.32 Å². The lowest BCUT2D eigenvalue weighted by atomic mass is 10.0. The Morgan fingerprint density at radius 2 is 2.12 bits per heavy atom. The van der Waals surface area contributed by atoms with Crippen molar-refractivity contribution < 1.29 is 14.7 Å². The molecular weight excluding hydrogens is 210 g/mol. The lowest BCUT2D eigenvalue weighted by Gasteiger charge is -2.24. The van der Waals surface area contributed by atoms with E-state index < -0.39 is 11.5 Å². The highest BCUT2D eigenvalue weighted by atomic mass is 16.4. The highest BCUT2D eigenvalue weighted by molar-refractivity contribution is 5.94.